The molecular formula is C17H17NO3. The molecule has 0 aliphatic heterocycles. The fraction of sp³-hybridized carbons (Fsp3) is 0.235. The van der Waals surface area contributed by atoms with E-state index >= 15 is 0 Å². The van der Waals surface area contributed by atoms with Crippen LogP contribution in [-0.2, 0) is 11.2 Å². The number of aryl methyl sites for hydroxylation is 1. The summed E-state index contributed by atoms with van der Waals surface area (Å²) in [5.41, 5.74) is 8.17. The molecule has 0 fully saturated rings. The number of nitrogens with two attached hydrogens (primary N) is 1. The molecule has 0 spiro atoms. The monoisotopic (exact) mass is 283 g/mol. The lowest BCUT2D eigenvalue weighted by Crippen LogP contribution is -2.17. The van der Waals surface area contributed by atoms with Crippen molar-refractivity contribution in [2.45, 2.75) is 25.4 Å². The van der Waals surface area contributed by atoms with E-state index < -0.39 is 5.97 Å². The van der Waals surface area contributed by atoms with E-state index in [9.17, 15) is 9.90 Å². The van der Waals surface area contributed by atoms with E-state index in [1.54, 1.807) is 12.1 Å². The molecule has 1 atom stereocenters. The molecule has 3 rings (SSSR count). The molecule has 1 unspecified atom stereocenters. The van der Waals surface area contributed by atoms with Crippen molar-refractivity contribution < 1.29 is 14.6 Å². The van der Waals surface area contributed by atoms with Crippen LogP contribution in [0.4, 0.5) is 5.69 Å². The number of hydrogen-bond donors (Lipinski definition) is 2. The highest BCUT2D eigenvalue weighted by Gasteiger charge is 2.25. The van der Waals surface area contributed by atoms with Gasteiger partial charge in [0.2, 0.25) is 0 Å². The molecule has 0 aromatic heterocycles. The average Bonchev–Trinajstić information content (AvgIpc) is 2.50. The van der Waals surface area contributed by atoms with Gasteiger partial charge in [0.15, 0.2) is 5.75 Å². The summed E-state index contributed by atoms with van der Waals surface area (Å²) < 4.78 is 5.59. The standard InChI is InChI=1S/C17H17NO3/c18-14-9-4-8-13(16(14)19)17(20)21-15-10-3-6-11-5-1-2-7-12(11)15/h1-2,4-5,7-9,15,19H,3,6,10,18H2. The number of rotatable bonds is 2. The highest BCUT2D eigenvalue weighted by Crippen LogP contribution is 2.34. The summed E-state index contributed by atoms with van der Waals surface area (Å²) in [6, 6.07) is 12.7. The molecule has 2 aromatic carbocycles. The summed E-state index contributed by atoms with van der Waals surface area (Å²) >= 11 is 0. The first-order valence-corrected chi connectivity index (χ1v) is 7.03. The Bertz CT molecular complexity index is 681. The quantitative estimate of drug-likeness (QED) is 0.504. The molecule has 1 aliphatic rings. The average molecular weight is 283 g/mol. The molecule has 108 valence electrons. The molecule has 0 saturated heterocycles. The number of phenolic OH excluding ortho intramolecular Hbond substituents is 1. The Morgan fingerprint density at radius 1 is 1.19 bits per heavy atom. The van der Waals surface area contributed by atoms with E-state index in [2.05, 4.69) is 6.07 Å². The normalized spacial score (nSPS) is 17.0. The van der Waals surface area contributed by atoms with E-state index in [-0.39, 0.29) is 23.1 Å². The third kappa shape index (κ3) is 2.57. The molecule has 4 heteroatoms. The molecule has 4 nitrogen and oxygen atoms in total. The predicted octanol–water partition coefficient (Wildman–Crippen LogP) is 3.21. The lowest BCUT2D eigenvalue weighted by Gasteiger charge is -2.25. The number of carbonyl (C=O) groups is 1. The molecular weight excluding hydrogens is 266 g/mol. The van der Waals surface area contributed by atoms with E-state index in [1.807, 2.05) is 18.2 Å². The van der Waals surface area contributed by atoms with Crippen molar-refractivity contribution in [2.75, 3.05) is 5.73 Å². The maximum absolute atomic E-state index is 12.3. The Hall–Kier alpha value is -2.49. The predicted molar refractivity (Wildman–Crippen MR) is 80.1 cm³/mol. The van der Waals surface area contributed by atoms with Crippen LogP contribution in [0.1, 0.15) is 40.4 Å². The molecule has 0 heterocycles. The number of esters is 1. The highest BCUT2D eigenvalue weighted by atomic mass is 16.5. The molecule has 3 N–H and O–H groups in total. The minimum Gasteiger partial charge on any atom is -0.505 e. The van der Waals surface area contributed by atoms with Crippen LogP contribution >= 0.6 is 0 Å². The summed E-state index contributed by atoms with van der Waals surface area (Å²) in [5, 5.41) is 9.87. The Labute approximate surface area is 123 Å². The fourth-order valence-corrected chi connectivity index (χ4v) is 2.75. The third-order valence-electron chi connectivity index (χ3n) is 3.85. The Balaban J connectivity index is 1.85. The van der Waals surface area contributed by atoms with Gasteiger partial charge in [-0.25, -0.2) is 4.79 Å². The molecule has 2 aromatic rings. The van der Waals surface area contributed by atoms with Gasteiger partial charge in [-0.1, -0.05) is 30.3 Å². The van der Waals surface area contributed by atoms with Gasteiger partial charge >= 0.3 is 5.97 Å². The van der Waals surface area contributed by atoms with Crippen LogP contribution in [-0.4, -0.2) is 11.1 Å². The van der Waals surface area contributed by atoms with Crippen molar-refractivity contribution in [3.63, 3.8) is 0 Å². The lowest BCUT2D eigenvalue weighted by atomic mass is 9.89. The van der Waals surface area contributed by atoms with Crippen molar-refractivity contribution in [1.29, 1.82) is 0 Å². The minimum absolute atomic E-state index is 0.109. The number of carbonyl (C=O) groups excluding carboxylic acids is 1. The maximum Gasteiger partial charge on any atom is 0.342 e. The van der Waals surface area contributed by atoms with Gasteiger partial charge in [-0.3, -0.25) is 0 Å². The van der Waals surface area contributed by atoms with Crippen LogP contribution in [0.3, 0.4) is 0 Å². The van der Waals surface area contributed by atoms with Crippen molar-refractivity contribution in [1.82, 2.24) is 0 Å². The third-order valence-corrected chi connectivity index (χ3v) is 3.85. The molecule has 0 radical (unpaired) electrons. The number of hydrogen-bond acceptors (Lipinski definition) is 4. The number of ether oxygens (including phenoxy) is 1. The SMILES string of the molecule is Nc1cccc(C(=O)OC2CCCc3ccccc32)c1O. The number of anilines is 1. The molecule has 0 amide bonds. The zero-order valence-electron chi connectivity index (χ0n) is 11.6. The van der Waals surface area contributed by atoms with Crippen LogP contribution < -0.4 is 5.73 Å². The molecule has 0 bridgehead atoms. The second-order valence-electron chi connectivity index (χ2n) is 5.23. The Morgan fingerprint density at radius 3 is 2.86 bits per heavy atom. The summed E-state index contributed by atoms with van der Waals surface area (Å²) in [5.74, 6) is -0.756. The molecule has 1 aliphatic carbocycles. The van der Waals surface area contributed by atoms with Gasteiger partial charge in [0.25, 0.3) is 0 Å². The number of nitrogen functional groups attached to an aromatic ring is 1. The van der Waals surface area contributed by atoms with E-state index in [4.69, 9.17) is 10.5 Å². The lowest BCUT2D eigenvalue weighted by molar-refractivity contribution is 0.0253. The van der Waals surface area contributed by atoms with Gasteiger partial charge in [0, 0.05) is 0 Å². The number of aromatic hydroxyl groups is 1. The number of benzene rings is 2. The van der Waals surface area contributed by atoms with Crippen LogP contribution in [0.2, 0.25) is 0 Å². The van der Waals surface area contributed by atoms with Crippen molar-refractivity contribution >= 4 is 11.7 Å². The van der Waals surface area contributed by atoms with Crippen LogP contribution in [0.5, 0.6) is 5.75 Å². The van der Waals surface area contributed by atoms with Crippen molar-refractivity contribution in [2.24, 2.45) is 0 Å². The first-order chi connectivity index (χ1) is 10.2. The van der Waals surface area contributed by atoms with Crippen molar-refractivity contribution in [3.05, 3.63) is 59.2 Å². The van der Waals surface area contributed by atoms with Crippen LogP contribution in [0.15, 0.2) is 42.5 Å². The van der Waals surface area contributed by atoms with Gasteiger partial charge in [-0.2, -0.15) is 0 Å². The van der Waals surface area contributed by atoms with E-state index in [1.165, 1.54) is 11.6 Å². The zero-order chi connectivity index (χ0) is 14.8. The Kier molecular flexibility index (Phi) is 3.52. The van der Waals surface area contributed by atoms with Crippen molar-refractivity contribution in [3.8, 4) is 5.75 Å². The topological polar surface area (TPSA) is 72.6 Å². The van der Waals surface area contributed by atoms with Gasteiger partial charge in [0.05, 0.1) is 5.69 Å². The second kappa shape index (κ2) is 5.48. The first kappa shape index (κ1) is 13.5. The van der Waals surface area contributed by atoms with Crippen LogP contribution in [0, 0.1) is 0 Å². The van der Waals surface area contributed by atoms with E-state index in [0.29, 0.717) is 0 Å². The maximum atomic E-state index is 12.3. The van der Waals surface area contributed by atoms with Gasteiger partial charge in [-0.05, 0) is 42.5 Å². The van der Waals surface area contributed by atoms with E-state index in [0.717, 1.165) is 24.8 Å². The second-order valence-corrected chi connectivity index (χ2v) is 5.23. The Morgan fingerprint density at radius 2 is 2.00 bits per heavy atom. The zero-order valence-corrected chi connectivity index (χ0v) is 11.6. The number of para-hydroxylation sites is 1. The fourth-order valence-electron chi connectivity index (χ4n) is 2.75. The van der Waals surface area contributed by atoms with Crippen LogP contribution in [0.25, 0.3) is 0 Å². The summed E-state index contributed by atoms with van der Waals surface area (Å²) in [4.78, 5) is 12.3. The molecule has 0 saturated carbocycles. The summed E-state index contributed by atoms with van der Waals surface area (Å²) in [6.45, 7) is 0. The summed E-state index contributed by atoms with van der Waals surface area (Å²) in [7, 11) is 0. The van der Waals surface area contributed by atoms with Gasteiger partial charge in [0.1, 0.15) is 11.7 Å². The first-order valence-electron chi connectivity index (χ1n) is 7.03. The smallest absolute Gasteiger partial charge is 0.342 e. The van der Waals surface area contributed by atoms with Gasteiger partial charge in [-0.15, -0.1) is 0 Å². The largest absolute Gasteiger partial charge is 0.505 e. The number of fused-ring (bicyclic) bond motifs is 1. The summed E-state index contributed by atoms with van der Waals surface area (Å²) in [6.07, 6.45) is 2.53. The molecule has 21 heavy (non-hydrogen) atoms. The minimum atomic E-state index is -0.540. The number of phenols is 1. The highest BCUT2D eigenvalue weighted by molar-refractivity contribution is 5.94. The van der Waals surface area contributed by atoms with Gasteiger partial charge < -0.3 is 15.6 Å².